The van der Waals surface area contributed by atoms with Crippen LogP contribution in [0.2, 0.25) is 0 Å². The summed E-state index contributed by atoms with van der Waals surface area (Å²) >= 11 is 3.33. The molecule has 0 aliphatic rings. The van der Waals surface area contributed by atoms with Crippen LogP contribution in [0.25, 0.3) is 0 Å². The van der Waals surface area contributed by atoms with Crippen molar-refractivity contribution < 1.29 is 9.59 Å². The Hall–Kier alpha value is -1.11. The molecule has 5 nitrogen and oxygen atoms in total. The van der Waals surface area contributed by atoms with Crippen LogP contribution >= 0.6 is 28.3 Å². The summed E-state index contributed by atoms with van der Waals surface area (Å²) in [6.07, 6.45) is 0.378. The van der Waals surface area contributed by atoms with Gasteiger partial charge in [-0.1, -0.05) is 15.9 Å². The average Bonchev–Trinajstić information content (AvgIpc) is 2.29. The molecule has 0 aliphatic heterocycles. The minimum absolute atomic E-state index is 0. The highest BCUT2D eigenvalue weighted by molar-refractivity contribution is 9.10. The number of hydrogen-bond acceptors (Lipinski definition) is 3. The first-order valence-electron chi connectivity index (χ1n) is 5.54. The van der Waals surface area contributed by atoms with Gasteiger partial charge in [-0.3, -0.25) is 9.59 Å². The van der Waals surface area contributed by atoms with Crippen molar-refractivity contribution in [2.24, 2.45) is 0 Å². The largest absolute Gasteiger partial charge is 0.325 e. The Morgan fingerprint density at radius 1 is 1.21 bits per heavy atom. The van der Waals surface area contributed by atoms with E-state index in [1.807, 2.05) is 0 Å². The molecule has 0 heterocycles. The third-order valence-corrected chi connectivity index (χ3v) is 2.66. The molecule has 0 fully saturated rings. The lowest BCUT2D eigenvalue weighted by atomic mass is 10.2. The van der Waals surface area contributed by atoms with Gasteiger partial charge in [0.15, 0.2) is 0 Å². The summed E-state index contributed by atoms with van der Waals surface area (Å²) in [5.74, 6) is -0.280. The topological polar surface area (TPSA) is 70.2 Å². The van der Waals surface area contributed by atoms with Gasteiger partial charge in [-0.25, -0.2) is 0 Å². The summed E-state index contributed by atoms with van der Waals surface area (Å²) in [5, 5.41) is 8.34. The maximum atomic E-state index is 11.6. The van der Waals surface area contributed by atoms with Crippen molar-refractivity contribution >= 4 is 51.5 Å². The number of amides is 2. The smallest absolute Gasteiger partial charge is 0.225 e. The molecule has 0 unspecified atom stereocenters. The molecule has 0 atom stereocenters. The van der Waals surface area contributed by atoms with E-state index in [1.54, 1.807) is 25.2 Å². The first-order chi connectivity index (χ1) is 8.52. The Labute approximate surface area is 127 Å². The Bertz CT molecular complexity index is 455. The van der Waals surface area contributed by atoms with Crippen LogP contribution in [0, 0.1) is 0 Å². The van der Waals surface area contributed by atoms with Gasteiger partial charge in [0.05, 0.1) is 11.4 Å². The van der Waals surface area contributed by atoms with Crippen LogP contribution in [0.4, 0.5) is 11.4 Å². The van der Waals surface area contributed by atoms with Gasteiger partial charge in [0.2, 0.25) is 11.8 Å². The van der Waals surface area contributed by atoms with Crippen LogP contribution in [0.15, 0.2) is 22.7 Å². The Balaban J connectivity index is 0.00000324. The molecule has 2 amide bonds. The zero-order valence-electron chi connectivity index (χ0n) is 10.7. The fourth-order valence-electron chi connectivity index (χ4n) is 1.37. The molecule has 1 aromatic rings. The first-order valence-corrected chi connectivity index (χ1v) is 6.34. The fourth-order valence-corrected chi connectivity index (χ4v) is 1.73. The van der Waals surface area contributed by atoms with E-state index in [0.29, 0.717) is 24.3 Å². The second-order valence-electron chi connectivity index (χ2n) is 3.77. The second-order valence-corrected chi connectivity index (χ2v) is 4.69. The van der Waals surface area contributed by atoms with E-state index < -0.39 is 0 Å². The summed E-state index contributed by atoms with van der Waals surface area (Å²) in [7, 11) is 1.79. The van der Waals surface area contributed by atoms with E-state index in [2.05, 4.69) is 31.9 Å². The standard InChI is InChI=1S/C12H16BrN3O2.ClH/c1-8(17)15-10-4-3-9(13)7-11(10)16-12(18)5-6-14-2;/h3-4,7,14H,5-6H2,1-2H3,(H,15,17)(H,16,18);1H. The van der Waals surface area contributed by atoms with Gasteiger partial charge in [0.25, 0.3) is 0 Å². The molecule has 1 rings (SSSR count). The van der Waals surface area contributed by atoms with E-state index >= 15 is 0 Å². The average molecular weight is 351 g/mol. The van der Waals surface area contributed by atoms with Crippen molar-refractivity contribution in [2.45, 2.75) is 13.3 Å². The molecule has 0 saturated carbocycles. The molecule has 106 valence electrons. The van der Waals surface area contributed by atoms with Crippen LogP contribution in [-0.4, -0.2) is 25.4 Å². The Morgan fingerprint density at radius 2 is 1.89 bits per heavy atom. The number of rotatable bonds is 5. The molecular weight excluding hydrogens is 334 g/mol. The predicted octanol–water partition coefficient (Wildman–Crippen LogP) is 2.38. The predicted molar refractivity (Wildman–Crippen MR) is 82.9 cm³/mol. The van der Waals surface area contributed by atoms with Crippen LogP contribution in [0.3, 0.4) is 0 Å². The lowest BCUT2D eigenvalue weighted by molar-refractivity contribution is -0.116. The van der Waals surface area contributed by atoms with Crippen molar-refractivity contribution in [3.8, 4) is 0 Å². The van der Waals surface area contributed by atoms with Gasteiger partial charge in [0, 0.05) is 24.4 Å². The number of nitrogens with one attached hydrogen (secondary N) is 3. The third kappa shape index (κ3) is 6.56. The van der Waals surface area contributed by atoms with Gasteiger partial charge in [-0.15, -0.1) is 12.4 Å². The molecule has 0 aromatic heterocycles. The lowest BCUT2D eigenvalue weighted by Crippen LogP contribution is -2.19. The van der Waals surface area contributed by atoms with E-state index in [4.69, 9.17) is 0 Å². The zero-order chi connectivity index (χ0) is 13.5. The zero-order valence-corrected chi connectivity index (χ0v) is 13.2. The quantitative estimate of drug-likeness (QED) is 0.763. The number of carbonyl (C=O) groups is 2. The molecule has 19 heavy (non-hydrogen) atoms. The van der Waals surface area contributed by atoms with Crippen molar-refractivity contribution in [3.05, 3.63) is 22.7 Å². The molecule has 0 bridgehead atoms. The number of halogens is 2. The summed E-state index contributed by atoms with van der Waals surface area (Å²) in [6, 6.07) is 5.29. The monoisotopic (exact) mass is 349 g/mol. The fraction of sp³-hybridized carbons (Fsp3) is 0.333. The van der Waals surface area contributed by atoms with Crippen LogP contribution in [0.5, 0.6) is 0 Å². The van der Waals surface area contributed by atoms with Gasteiger partial charge in [-0.05, 0) is 25.2 Å². The Morgan fingerprint density at radius 3 is 2.47 bits per heavy atom. The van der Waals surface area contributed by atoms with E-state index in [0.717, 1.165) is 4.47 Å². The van der Waals surface area contributed by atoms with Crippen LogP contribution in [-0.2, 0) is 9.59 Å². The normalized spacial score (nSPS) is 9.42. The summed E-state index contributed by atoms with van der Waals surface area (Å²) < 4.78 is 0.834. The molecule has 7 heteroatoms. The molecule has 1 aromatic carbocycles. The highest BCUT2D eigenvalue weighted by Crippen LogP contribution is 2.26. The molecule has 3 N–H and O–H groups in total. The number of carbonyl (C=O) groups excluding carboxylic acids is 2. The van der Waals surface area contributed by atoms with Crippen molar-refractivity contribution in [2.75, 3.05) is 24.2 Å². The van der Waals surface area contributed by atoms with Crippen molar-refractivity contribution in [1.82, 2.24) is 5.32 Å². The van der Waals surface area contributed by atoms with Gasteiger partial charge in [0.1, 0.15) is 0 Å². The minimum atomic E-state index is -0.178. The molecule has 0 saturated heterocycles. The maximum absolute atomic E-state index is 11.6. The van der Waals surface area contributed by atoms with Gasteiger partial charge < -0.3 is 16.0 Å². The summed E-state index contributed by atoms with van der Waals surface area (Å²) in [4.78, 5) is 22.7. The van der Waals surface area contributed by atoms with E-state index in [-0.39, 0.29) is 24.2 Å². The summed E-state index contributed by atoms with van der Waals surface area (Å²) in [6.45, 7) is 2.03. The summed E-state index contributed by atoms with van der Waals surface area (Å²) in [5.41, 5.74) is 1.17. The third-order valence-electron chi connectivity index (χ3n) is 2.17. The number of benzene rings is 1. The highest BCUT2D eigenvalue weighted by Gasteiger charge is 2.08. The van der Waals surface area contributed by atoms with Crippen molar-refractivity contribution in [1.29, 1.82) is 0 Å². The number of anilines is 2. The molecular formula is C12H17BrClN3O2. The lowest BCUT2D eigenvalue weighted by Gasteiger charge is -2.12. The van der Waals surface area contributed by atoms with Gasteiger partial charge in [-0.2, -0.15) is 0 Å². The van der Waals surface area contributed by atoms with Gasteiger partial charge >= 0.3 is 0 Å². The van der Waals surface area contributed by atoms with Crippen molar-refractivity contribution in [3.63, 3.8) is 0 Å². The first kappa shape index (κ1) is 17.9. The van der Waals surface area contributed by atoms with E-state index in [1.165, 1.54) is 6.92 Å². The highest BCUT2D eigenvalue weighted by atomic mass is 79.9. The van der Waals surface area contributed by atoms with E-state index in [9.17, 15) is 9.59 Å². The molecule has 0 aliphatic carbocycles. The SMILES string of the molecule is CNCCC(=O)Nc1cc(Br)ccc1NC(C)=O.Cl. The number of hydrogen-bond donors (Lipinski definition) is 3. The van der Waals surface area contributed by atoms with Crippen LogP contribution < -0.4 is 16.0 Å². The maximum Gasteiger partial charge on any atom is 0.225 e. The molecule has 0 spiro atoms. The minimum Gasteiger partial charge on any atom is -0.325 e. The second kappa shape index (κ2) is 8.90. The Kier molecular flexibility index (Phi) is 8.38. The van der Waals surface area contributed by atoms with Crippen LogP contribution in [0.1, 0.15) is 13.3 Å². The molecule has 0 radical (unpaired) electrons.